The zero-order valence-corrected chi connectivity index (χ0v) is 11.7. The summed E-state index contributed by atoms with van der Waals surface area (Å²) in [4.78, 5) is 12.0. The fourth-order valence-corrected chi connectivity index (χ4v) is 2.50. The van der Waals surface area contributed by atoms with Crippen molar-refractivity contribution in [1.29, 1.82) is 0 Å². The molecule has 0 spiro atoms. The lowest BCUT2D eigenvalue weighted by Gasteiger charge is -2.22. The third-order valence-electron chi connectivity index (χ3n) is 3.89. The molecule has 1 saturated carbocycles. The van der Waals surface area contributed by atoms with Gasteiger partial charge in [0.05, 0.1) is 6.61 Å². The minimum absolute atomic E-state index is 0.0114. The van der Waals surface area contributed by atoms with E-state index in [0.29, 0.717) is 17.5 Å². The SMILES string of the molecule is O=C(NC1CC1)c1cccc(OCC2CCCNC2)c1. The standard InChI is InChI=1S/C16H22N2O2/c19-16(18-14-6-7-14)13-4-1-5-15(9-13)20-11-12-3-2-8-17-10-12/h1,4-5,9,12,14,17H,2-3,6-8,10-11H2,(H,18,19). The van der Waals surface area contributed by atoms with E-state index < -0.39 is 0 Å². The summed E-state index contributed by atoms with van der Waals surface area (Å²) in [5.74, 6) is 1.38. The van der Waals surface area contributed by atoms with Gasteiger partial charge in [0.15, 0.2) is 0 Å². The molecule has 1 aliphatic carbocycles. The van der Waals surface area contributed by atoms with Crippen LogP contribution in [0.3, 0.4) is 0 Å². The van der Waals surface area contributed by atoms with Crippen molar-refractivity contribution in [2.45, 2.75) is 31.7 Å². The molecule has 1 unspecified atom stereocenters. The topological polar surface area (TPSA) is 50.4 Å². The number of ether oxygens (including phenoxy) is 1. The second-order valence-corrected chi connectivity index (χ2v) is 5.80. The maximum atomic E-state index is 12.0. The van der Waals surface area contributed by atoms with E-state index in [4.69, 9.17) is 4.74 Å². The van der Waals surface area contributed by atoms with E-state index in [9.17, 15) is 4.79 Å². The average molecular weight is 274 g/mol. The number of rotatable bonds is 5. The van der Waals surface area contributed by atoms with Gasteiger partial charge < -0.3 is 15.4 Å². The number of carbonyl (C=O) groups excluding carboxylic acids is 1. The highest BCUT2D eigenvalue weighted by Gasteiger charge is 2.23. The molecular weight excluding hydrogens is 252 g/mol. The van der Waals surface area contributed by atoms with Crippen LogP contribution in [0, 0.1) is 5.92 Å². The van der Waals surface area contributed by atoms with E-state index in [1.165, 1.54) is 12.8 Å². The lowest BCUT2D eigenvalue weighted by Crippen LogP contribution is -2.33. The van der Waals surface area contributed by atoms with Crippen LogP contribution in [-0.4, -0.2) is 31.6 Å². The summed E-state index contributed by atoms with van der Waals surface area (Å²) in [7, 11) is 0. The quantitative estimate of drug-likeness (QED) is 0.863. The van der Waals surface area contributed by atoms with Gasteiger partial charge in [-0.3, -0.25) is 4.79 Å². The van der Waals surface area contributed by atoms with Gasteiger partial charge >= 0.3 is 0 Å². The van der Waals surface area contributed by atoms with Crippen molar-refractivity contribution in [2.75, 3.05) is 19.7 Å². The smallest absolute Gasteiger partial charge is 0.251 e. The zero-order chi connectivity index (χ0) is 13.8. The minimum atomic E-state index is 0.0114. The summed E-state index contributed by atoms with van der Waals surface area (Å²) in [5, 5.41) is 6.38. The predicted molar refractivity (Wildman–Crippen MR) is 78.0 cm³/mol. The zero-order valence-electron chi connectivity index (χ0n) is 11.7. The van der Waals surface area contributed by atoms with Gasteiger partial charge in [0.1, 0.15) is 5.75 Å². The molecule has 2 N–H and O–H groups in total. The van der Waals surface area contributed by atoms with E-state index >= 15 is 0 Å². The van der Waals surface area contributed by atoms with Crippen molar-refractivity contribution in [1.82, 2.24) is 10.6 Å². The third kappa shape index (κ3) is 3.73. The summed E-state index contributed by atoms with van der Waals surface area (Å²) >= 11 is 0. The number of hydrogen-bond acceptors (Lipinski definition) is 3. The maximum Gasteiger partial charge on any atom is 0.251 e. The van der Waals surface area contributed by atoms with Crippen LogP contribution in [0.4, 0.5) is 0 Å². The molecule has 1 aliphatic heterocycles. The Bertz CT molecular complexity index is 465. The predicted octanol–water partition coefficient (Wildman–Crippen LogP) is 1.96. The van der Waals surface area contributed by atoms with E-state index in [0.717, 1.165) is 38.3 Å². The van der Waals surface area contributed by atoms with Crippen LogP contribution in [0.25, 0.3) is 0 Å². The highest BCUT2D eigenvalue weighted by Crippen LogP contribution is 2.21. The molecule has 0 aromatic heterocycles. The molecule has 1 amide bonds. The van der Waals surface area contributed by atoms with Crippen molar-refractivity contribution in [3.8, 4) is 5.75 Å². The minimum Gasteiger partial charge on any atom is -0.493 e. The van der Waals surface area contributed by atoms with Gasteiger partial charge in [-0.15, -0.1) is 0 Å². The molecule has 1 aromatic rings. The summed E-state index contributed by atoms with van der Waals surface area (Å²) in [6.45, 7) is 2.87. The molecule has 1 saturated heterocycles. The number of nitrogens with one attached hydrogen (secondary N) is 2. The van der Waals surface area contributed by atoms with Crippen molar-refractivity contribution in [3.05, 3.63) is 29.8 Å². The number of benzene rings is 1. The van der Waals surface area contributed by atoms with Gasteiger partial charge in [-0.25, -0.2) is 0 Å². The summed E-state index contributed by atoms with van der Waals surface area (Å²) in [6, 6.07) is 7.88. The number of carbonyl (C=O) groups is 1. The molecule has 1 heterocycles. The molecule has 108 valence electrons. The first-order chi connectivity index (χ1) is 9.81. The fourth-order valence-electron chi connectivity index (χ4n) is 2.50. The van der Waals surface area contributed by atoms with Crippen LogP contribution in [0.1, 0.15) is 36.0 Å². The van der Waals surface area contributed by atoms with Crippen LogP contribution in [0.5, 0.6) is 5.75 Å². The van der Waals surface area contributed by atoms with Crippen molar-refractivity contribution in [3.63, 3.8) is 0 Å². The van der Waals surface area contributed by atoms with Gasteiger partial charge in [0.2, 0.25) is 0 Å². The number of piperidine rings is 1. The molecule has 4 nitrogen and oxygen atoms in total. The Hall–Kier alpha value is -1.55. The largest absolute Gasteiger partial charge is 0.493 e. The van der Waals surface area contributed by atoms with Gasteiger partial charge in [-0.2, -0.15) is 0 Å². The molecule has 20 heavy (non-hydrogen) atoms. The van der Waals surface area contributed by atoms with E-state index in [-0.39, 0.29) is 5.91 Å². The molecule has 3 rings (SSSR count). The van der Waals surface area contributed by atoms with Crippen molar-refractivity contribution in [2.24, 2.45) is 5.92 Å². The van der Waals surface area contributed by atoms with E-state index in [1.807, 2.05) is 24.3 Å². The summed E-state index contributed by atoms with van der Waals surface area (Å²) < 4.78 is 5.84. The van der Waals surface area contributed by atoms with Crippen molar-refractivity contribution < 1.29 is 9.53 Å². The molecule has 1 atom stereocenters. The number of amides is 1. The van der Waals surface area contributed by atoms with Crippen LogP contribution in [-0.2, 0) is 0 Å². The van der Waals surface area contributed by atoms with E-state index in [1.54, 1.807) is 0 Å². The Balaban J connectivity index is 1.54. The van der Waals surface area contributed by atoms with Gasteiger partial charge in [-0.1, -0.05) is 6.07 Å². The van der Waals surface area contributed by atoms with Crippen LogP contribution < -0.4 is 15.4 Å². The highest BCUT2D eigenvalue weighted by atomic mass is 16.5. The van der Waals surface area contributed by atoms with Crippen molar-refractivity contribution >= 4 is 5.91 Å². The lowest BCUT2D eigenvalue weighted by atomic mass is 10.0. The Labute approximate surface area is 119 Å². The van der Waals surface area contributed by atoms with Crippen LogP contribution in [0.2, 0.25) is 0 Å². The first-order valence-electron chi connectivity index (χ1n) is 7.56. The maximum absolute atomic E-state index is 12.0. The van der Waals surface area contributed by atoms with Gasteiger partial charge in [0, 0.05) is 24.1 Å². The van der Waals surface area contributed by atoms with Crippen LogP contribution >= 0.6 is 0 Å². The Morgan fingerprint density at radius 1 is 1.35 bits per heavy atom. The normalized spacial score (nSPS) is 22.3. The molecule has 2 fully saturated rings. The molecule has 0 radical (unpaired) electrons. The fraction of sp³-hybridized carbons (Fsp3) is 0.562. The lowest BCUT2D eigenvalue weighted by molar-refractivity contribution is 0.0950. The van der Waals surface area contributed by atoms with Gasteiger partial charge in [-0.05, 0) is 50.4 Å². The van der Waals surface area contributed by atoms with Crippen LogP contribution in [0.15, 0.2) is 24.3 Å². The Morgan fingerprint density at radius 3 is 3.00 bits per heavy atom. The molecule has 4 heteroatoms. The molecule has 2 aliphatic rings. The van der Waals surface area contributed by atoms with Gasteiger partial charge in [0.25, 0.3) is 5.91 Å². The first kappa shape index (κ1) is 13.4. The Morgan fingerprint density at radius 2 is 2.25 bits per heavy atom. The average Bonchev–Trinajstić information content (AvgIpc) is 3.30. The third-order valence-corrected chi connectivity index (χ3v) is 3.89. The summed E-state index contributed by atoms with van der Waals surface area (Å²) in [5.41, 5.74) is 0.691. The first-order valence-corrected chi connectivity index (χ1v) is 7.56. The second-order valence-electron chi connectivity index (χ2n) is 5.80. The molecular formula is C16H22N2O2. The highest BCUT2D eigenvalue weighted by molar-refractivity contribution is 5.94. The number of hydrogen-bond donors (Lipinski definition) is 2. The molecule has 0 bridgehead atoms. The monoisotopic (exact) mass is 274 g/mol. The molecule has 1 aromatic carbocycles. The Kier molecular flexibility index (Phi) is 4.21. The second kappa shape index (κ2) is 6.27. The van der Waals surface area contributed by atoms with E-state index in [2.05, 4.69) is 10.6 Å². The summed E-state index contributed by atoms with van der Waals surface area (Å²) in [6.07, 6.45) is 4.65.